The van der Waals surface area contributed by atoms with Gasteiger partial charge in [0.2, 0.25) is 0 Å². The highest BCUT2D eigenvalue weighted by Gasteiger charge is 2.30. The standard InChI is InChI=1S/C67H130O17P2/c1-5-9-13-17-21-25-29-30-31-32-33-34-38-42-46-50-54-67(72)84-63(58-78-65(70)52-48-44-40-36-27-23-19-15-11-7-3)60-82-86(75,76)80-56-61(68)55-79-85(73,74)81-59-62(83-66(71)53-49-45-41-37-28-24-20-16-12-8-4)57-77-64(69)51-47-43-39-35-26-22-18-14-10-6-2/h61-63,68H,5-60H2,1-4H3,(H,73,74)(H,75,76)/t61-,62+,63+/m0/s1. The van der Waals surface area contributed by atoms with Crippen molar-refractivity contribution >= 4 is 39.5 Å². The lowest BCUT2D eigenvalue weighted by Crippen LogP contribution is -2.30. The number of hydrogen-bond donors (Lipinski definition) is 3. The maximum atomic E-state index is 13.0. The fourth-order valence-corrected chi connectivity index (χ4v) is 11.7. The van der Waals surface area contributed by atoms with Gasteiger partial charge in [-0.1, -0.05) is 297 Å². The van der Waals surface area contributed by atoms with Crippen molar-refractivity contribution in [2.45, 2.75) is 367 Å². The van der Waals surface area contributed by atoms with Gasteiger partial charge in [0, 0.05) is 25.7 Å². The van der Waals surface area contributed by atoms with Crippen LogP contribution in [0.1, 0.15) is 349 Å². The third-order valence-electron chi connectivity index (χ3n) is 15.6. The van der Waals surface area contributed by atoms with E-state index in [4.69, 9.17) is 37.0 Å². The predicted molar refractivity (Wildman–Crippen MR) is 345 cm³/mol. The molecule has 0 aliphatic rings. The van der Waals surface area contributed by atoms with Crippen molar-refractivity contribution in [3.05, 3.63) is 0 Å². The van der Waals surface area contributed by atoms with E-state index in [0.29, 0.717) is 25.7 Å². The summed E-state index contributed by atoms with van der Waals surface area (Å²) in [6, 6.07) is 0. The summed E-state index contributed by atoms with van der Waals surface area (Å²) in [7, 11) is -9.89. The molecule has 0 heterocycles. The Balaban J connectivity index is 5.21. The highest BCUT2D eigenvalue weighted by molar-refractivity contribution is 7.47. The fraction of sp³-hybridized carbons (Fsp3) is 0.940. The summed E-state index contributed by atoms with van der Waals surface area (Å²) in [5, 5.41) is 10.6. The summed E-state index contributed by atoms with van der Waals surface area (Å²) in [6.07, 6.45) is 48.4. The number of carbonyl (C=O) groups is 4. The summed E-state index contributed by atoms with van der Waals surface area (Å²) in [4.78, 5) is 72.3. The molecule has 19 heteroatoms. The zero-order valence-corrected chi connectivity index (χ0v) is 57.1. The largest absolute Gasteiger partial charge is 0.472 e. The van der Waals surface area contributed by atoms with Gasteiger partial charge in [0.1, 0.15) is 19.3 Å². The smallest absolute Gasteiger partial charge is 0.462 e. The van der Waals surface area contributed by atoms with Gasteiger partial charge in [-0.3, -0.25) is 37.3 Å². The number of phosphoric acid groups is 2. The van der Waals surface area contributed by atoms with E-state index in [1.165, 1.54) is 180 Å². The first kappa shape index (κ1) is 84.1. The second-order valence-electron chi connectivity index (χ2n) is 24.2. The van der Waals surface area contributed by atoms with Gasteiger partial charge < -0.3 is 33.8 Å². The topological polar surface area (TPSA) is 237 Å². The minimum absolute atomic E-state index is 0.107. The second kappa shape index (κ2) is 61.9. The van der Waals surface area contributed by atoms with Crippen LogP contribution in [-0.2, 0) is 65.4 Å². The lowest BCUT2D eigenvalue weighted by molar-refractivity contribution is -0.161. The van der Waals surface area contributed by atoms with Crippen LogP contribution in [0.15, 0.2) is 0 Å². The zero-order valence-electron chi connectivity index (χ0n) is 55.3. The molecule has 0 bridgehead atoms. The van der Waals surface area contributed by atoms with Crippen molar-refractivity contribution in [2.24, 2.45) is 0 Å². The number of hydrogen-bond acceptors (Lipinski definition) is 15. The lowest BCUT2D eigenvalue weighted by Gasteiger charge is -2.21. The number of ether oxygens (including phenoxy) is 4. The number of aliphatic hydroxyl groups is 1. The molecule has 0 rings (SSSR count). The molecule has 0 aromatic carbocycles. The van der Waals surface area contributed by atoms with E-state index in [1.54, 1.807) is 0 Å². The molecule has 0 aliphatic heterocycles. The first-order valence-electron chi connectivity index (χ1n) is 35.3. The number of aliphatic hydroxyl groups excluding tert-OH is 1. The monoisotopic (exact) mass is 1270 g/mol. The quantitative estimate of drug-likeness (QED) is 0.0222. The maximum Gasteiger partial charge on any atom is 0.472 e. The summed E-state index contributed by atoms with van der Waals surface area (Å²) in [5.74, 6) is -2.13. The van der Waals surface area contributed by atoms with E-state index in [2.05, 4.69) is 27.7 Å². The fourth-order valence-electron chi connectivity index (χ4n) is 10.2. The molecule has 0 spiro atoms. The van der Waals surface area contributed by atoms with Gasteiger partial charge in [-0.15, -0.1) is 0 Å². The zero-order chi connectivity index (χ0) is 63.3. The summed E-state index contributed by atoms with van der Waals surface area (Å²) in [5.41, 5.74) is 0. The van der Waals surface area contributed by atoms with E-state index in [-0.39, 0.29) is 25.7 Å². The van der Waals surface area contributed by atoms with E-state index >= 15 is 0 Å². The van der Waals surface area contributed by atoms with Gasteiger partial charge in [-0.05, 0) is 25.7 Å². The van der Waals surface area contributed by atoms with Crippen molar-refractivity contribution in [3.63, 3.8) is 0 Å². The summed E-state index contributed by atoms with van der Waals surface area (Å²) < 4.78 is 68.1. The first-order chi connectivity index (χ1) is 41.7. The van der Waals surface area contributed by atoms with Crippen LogP contribution in [0.2, 0.25) is 0 Å². The molecule has 0 saturated carbocycles. The Morgan fingerprint density at radius 3 is 0.686 bits per heavy atom. The third kappa shape index (κ3) is 60.9. The average Bonchev–Trinajstić information content (AvgIpc) is 3.55. The molecule has 0 amide bonds. The van der Waals surface area contributed by atoms with Gasteiger partial charge in [-0.2, -0.15) is 0 Å². The first-order valence-corrected chi connectivity index (χ1v) is 38.3. The van der Waals surface area contributed by atoms with Crippen molar-refractivity contribution in [1.82, 2.24) is 0 Å². The van der Waals surface area contributed by atoms with E-state index in [9.17, 15) is 43.2 Å². The van der Waals surface area contributed by atoms with Gasteiger partial charge in [0.25, 0.3) is 0 Å². The number of unbranched alkanes of at least 4 members (excludes halogenated alkanes) is 42. The SMILES string of the molecule is CCCCCCCCCCCCCCCCCCC(=O)O[C@H](COC(=O)CCCCCCCCCCCC)COP(=O)(O)OC[C@@H](O)COP(=O)(O)OC[C@@H](COC(=O)CCCCCCCCCCCC)OC(=O)CCCCCCCCCCCC. The molecule has 0 radical (unpaired) electrons. The minimum atomic E-state index is -4.95. The molecule has 510 valence electrons. The summed E-state index contributed by atoms with van der Waals surface area (Å²) >= 11 is 0. The van der Waals surface area contributed by atoms with Gasteiger partial charge in [0.15, 0.2) is 12.2 Å². The van der Waals surface area contributed by atoms with Crippen molar-refractivity contribution in [3.8, 4) is 0 Å². The van der Waals surface area contributed by atoms with Crippen LogP contribution in [0.3, 0.4) is 0 Å². The van der Waals surface area contributed by atoms with Crippen LogP contribution >= 0.6 is 15.6 Å². The summed E-state index contributed by atoms with van der Waals surface area (Å²) in [6.45, 7) is 4.90. The number of esters is 4. The molecular weight excluding hydrogens is 1140 g/mol. The van der Waals surface area contributed by atoms with Crippen LogP contribution in [0.5, 0.6) is 0 Å². The van der Waals surface area contributed by atoms with Crippen LogP contribution in [-0.4, -0.2) is 96.7 Å². The number of carbonyl (C=O) groups excluding carboxylic acids is 4. The minimum Gasteiger partial charge on any atom is -0.462 e. The van der Waals surface area contributed by atoms with Gasteiger partial charge in [0.05, 0.1) is 26.4 Å². The van der Waals surface area contributed by atoms with E-state index < -0.39 is 97.5 Å². The van der Waals surface area contributed by atoms with Crippen LogP contribution in [0.4, 0.5) is 0 Å². The highest BCUT2D eigenvalue weighted by Crippen LogP contribution is 2.45. The Bertz CT molecular complexity index is 1650. The third-order valence-corrected chi connectivity index (χ3v) is 17.5. The number of phosphoric ester groups is 2. The Morgan fingerprint density at radius 1 is 0.279 bits per heavy atom. The molecular formula is C67H130O17P2. The molecule has 0 fully saturated rings. The molecule has 2 unspecified atom stereocenters. The van der Waals surface area contributed by atoms with Crippen LogP contribution in [0, 0.1) is 0 Å². The van der Waals surface area contributed by atoms with E-state index in [1.807, 2.05) is 0 Å². The molecule has 0 aromatic heterocycles. The maximum absolute atomic E-state index is 13.0. The molecule has 0 aliphatic carbocycles. The predicted octanol–water partition coefficient (Wildman–Crippen LogP) is 19.1. The molecule has 17 nitrogen and oxygen atoms in total. The Labute approximate surface area is 524 Å². The molecule has 3 N–H and O–H groups in total. The molecule has 0 aromatic rings. The molecule has 86 heavy (non-hydrogen) atoms. The van der Waals surface area contributed by atoms with Crippen molar-refractivity contribution in [2.75, 3.05) is 39.6 Å². The van der Waals surface area contributed by atoms with Crippen LogP contribution < -0.4 is 0 Å². The Hall–Kier alpha value is -1.94. The normalized spacial score (nSPS) is 14.1. The Kier molecular flexibility index (Phi) is 60.5. The Morgan fingerprint density at radius 2 is 0.465 bits per heavy atom. The average molecular weight is 1270 g/mol. The van der Waals surface area contributed by atoms with E-state index in [0.717, 1.165) is 89.9 Å². The van der Waals surface area contributed by atoms with Crippen molar-refractivity contribution < 1.29 is 80.2 Å². The highest BCUT2D eigenvalue weighted by atomic mass is 31.2. The van der Waals surface area contributed by atoms with Crippen LogP contribution in [0.25, 0.3) is 0 Å². The second-order valence-corrected chi connectivity index (χ2v) is 27.1. The van der Waals surface area contributed by atoms with Crippen molar-refractivity contribution in [1.29, 1.82) is 0 Å². The number of rotatable bonds is 68. The molecule has 5 atom stereocenters. The van der Waals surface area contributed by atoms with Gasteiger partial charge >= 0.3 is 39.5 Å². The lowest BCUT2D eigenvalue weighted by atomic mass is 10.0. The molecule has 0 saturated heterocycles. The van der Waals surface area contributed by atoms with Gasteiger partial charge in [-0.25, -0.2) is 9.13 Å².